The van der Waals surface area contributed by atoms with Gasteiger partial charge < -0.3 is 19.7 Å². The summed E-state index contributed by atoms with van der Waals surface area (Å²) in [7, 11) is 0. The molecule has 2 aliphatic heterocycles. The van der Waals surface area contributed by atoms with Crippen LogP contribution in [0.4, 0.5) is 0 Å². The summed E-state index contributed by atoms with van der Waals surface area (Å²) in [5.41, 5.74) is 3.90. The second kappa shape index (κ2) is 6.04. The summed E-state index contributed by atoms with van der Waals surface area (Å²) in [6.07, 6.45) is 1.97. The van der Waals surface area contributed by atoms with Crippen LogP contribution in [0.25, 0.3) is 0 Å². The normalized spacial score (nSPS) is 22.0. The number of benzene rings is 2. The number of phenols is 2. The van der Waals surface area contributed by atoms with Crippen molar-refractivity contribution in [1.82, 2.24) is 0 Å². The quantitative estimate of drug-likeness (QED) is 0.792. The van der Waals surface area contributed by atoms with E-state index in [2.05, 4.69) is 26.0 Å². The van der Waals surface area contributed by atoms with E-state index in [0.717, 1.165) is 48.3 Å². The summed E-state index contributed by atoms with van der Waals surface area (Å²) in [5, 5.41) is 20.3. The van der Waals surface area contributed by atoms with Gasteiger partial charge in [-0.2, -0.15) is 0 Å². The van der Waals surface area contributed by atoms with Crippen molar-refractivity contribution in [3.63, 3.8) is 0 Å². The van der Waals surface area contributed by atoms with Crippen LogP contribution in [0.5, 0.6) is 11.5 Å². The highest BCUT2D eigenvalue weighted by Gasteiger charge is 2.29. The summed E-state index contributed by atoms with van der Waals surface area (Å²) in [5.74, 6) is 0.652. The zero-order valence-electron chi connectivity index (χ0n) is 14.7. The fraction of sp³-hybridized carbons (Fsp3) is 0.429. The second-order valence-electron chi connectivity index (χ2n) is 7.63. The molecule has 2 aromatic carbocycles. The van der Waals surface area contributed by atoms with E-state index in [-0.39, 0.29) is 17.6 Å². The molecule has 2 heterocycles. The molecule has 4 rings (SSSR count). The van der Waals surface area contributed by atoms with E-state index in [1.54, 1.807) is 12.1 Å². The van der Waals surface area contributed by atoms with Crippen LogP contribution >= 0.6 is 0 Å². The van der Waals surface area contributed by atoms with Gasteiger partial charge in [-0.15, -0.1) is 0 Å². The van der Waals surface area contributed by atoms with E-state index in [1.807, 2.05) is 12.1 Å². The molecule has 2 fully saturated rings. The number of epoxide rings is 2. The van der Waals surface area contributed by atoms with Gasteiger partial charge in [0.1, 0.15) is 11.5 Å². The van der Waals surface area contributed by atoms with Gasteiger partial charge in [-0.1, -0.05) is 38.1 Å². The van der Waals surface area contributed by atoms with Crippen molar-refractivity contribution in [1.29, 1.82) is 0 Å². The summed E-state index contributed by atoms with van der Waals surface area (Å²) in [6, 6.07) is 11.6. The zero-order chi connectivity index (χ0) is 17.6. The van der Waals surface area contributed by atoms with E-state index >= 15 is 0 Å². The Labute approximate surface area is 148 Å². The molecule has 2 saturated heterocycles. The van der Waals surface area contributed by atoms with E-state index in [1.165, 1.54) is 0 Å². The average molecular weight is 340 g/mol. The topological polar surface area (TPSA) is 65.5 Å². The van der Waals surface area contributed by atoms with Crippen molar-refractivity contribution in [2.24, 2.45) is 0 Å². The molecular formula is C21H24O4. The Morgan fingerprint density at radius 2 is 1.24 bits per heavy atom. The van der Waals surface area contributed by atoms with Crippen molar-refractivity contribution < 1.29 is 19.7 Å². The lowest BCUT2D eigenvalue weighted by Gasteiger charge is -2.27. The summed E-state index contributed by atoms with van der Waals surface area (Å²) in [6.45, 7) is 5.89. The van der Waals surface area contributed by atoms with E-state index in [4.69, 9.17) is 9.47 Å². The summed E-state index contributed by atoms with van der Waals surface area (Å²) < 4.78 is 10.6. The minimum absolute atomic E-state index is 0.236. The van der Waals surface area contributed by atoms with Gasteiger partial charge in [0.25, 0.3) is 0 Å². The monoisotopic (exact) mass is 340 g/mol. The Bertz CT molecular complexity index is 723. The van der Waals surface area contributed by atoms with Gasteiger partial charge in [-0.05, 0) is 34.4 Å². The third-order valence-corrected chi connectivity index (χ3v) is 5.30. The summed E-state index contributed by atoms with van der Waals surface area (Å²) >= 11 is 0. The maximum atomic E-state index is 10.1. The first kappa shape index (κ1) is 16.4. The smallest absolute Gasteiger partial charge is 0.118 e. The zero-order valence-corrected chi connectivity index (χ0v) is 14.7. The number of aromatic hydroxyl groups is 2. The SMILES string of the molecule is CC(C)(c1ccc(O)c(CC2CO2)c1)c1ccc(O)c(CC2CO2)c1. The first-order chi connectivity index (χ1) is 11.9. The molecule has 4 heteroatoms. The number of rotatable bonds is 6. The third kappa shape index (κ3) is 3.51. The highest BCUT2D eigenvalue weighted by Crippen LogP contribution is 2.37. The number of ether oxygens (including phenoxy) is 2. The van der Waals surface area contributed by atoms with Crippen molar-refractivity contribution in [3.8, 4) is 11.5 Å². The van der Waals surface area contributed by atoms with Crippen molar-refractivity contribution >= 4 is 0 Å². The molecule has 132 valence electrons. The maximum Gasteiger partial charge on any atom is 0.118 e. The van der Waals surface area contributed by atoms with E-state index in [0.29, 0.717) is 11.5 Å². The van der Waals surface area contributed by atoms with Gasteiger partial charge in [-0.25, -0.2) is 0 Å². The first-order valence-corrected chi connectivity index (χ1v) is 8.81. The van der Waals surface area contributed by atoms with E-state index < -0.39 is 0 Å². The minimum Gasteiger partial charge on any atom is -0.508 e. The molecule has 0 amide bonds. The standard InChI is InChI=1S/C21H24O4/c1-21(2,15-3-5-19(22)13(7-15)9-17-11-24-17)16-4-6-20(23)14(8-16)10-18-12-25-18/h3-8,17-18,22-23H,9-12H2,1-2H3. The minimum atomic E-state index is -0.236. The van der Waals surface area contributed by atoms with E-state index in [9.17, 15) is 10.2 Å². The molecule has 2 aliphatic rings. The molecule has 0 bridgehead atoms. The largest absolute Gasteiger partial charge is 0.508 e. The van der Waals surface area contributed by atoms with Crippen LogP contribution in [0.15, 0.2) is 36.4 Å². The Morgan fingerprint density at radius 1 is 0.840 bits per heavy atom. The van der Waals surface area contributed by atoms with Crippen LogP contribution < -0.4 is 0 Å². The van der Waals surface area contributed by atoms with Crippen molar-refractivity contribution in [3.05, 3.63) is 58.7 Å². The first-order valence-electron chi connectivity index (χ1n) is 8.81. The van der Waals surface area contributed by atoms with Gasteiger partial charge in [0.2, 0.25) is 0 Å². The lowest BCUT2D eigenvalue weighted by atomic mass is 9.76. The maximum absolute atomic E-state index is 10.1. The Morgan fingerprint density at radius 3 is 1.60 bits per heavy atom. The van der Waals surface area contributed by atoms with Crippen LogP contribution in [-0.4, -0.2) is 35.6 Å². The number of phenolic OH excluding ortho intramolecular Hbond substituents is 2. The van der Waals surface area contributed by atoms with Gasteiger partial charge in [-0.3, -0.25) is 0 Å². The molecule has 2 aromatic rings. The highest BCUT2D eigenvalue weighted by atomic mass is 16.6. The predicted octanol–water partition coefficient (Wildman–Crippen LogP) is 3.31. The van der Waals surface area contributed by atoms with Crippen LogP contribution in [0.1, 0.15) is 36.1 Å². The Hall–Kier alpha value is -2.04. The van der Waals surface area contributed by atoms with Gasteiger partial charge in [0, 0.05) is 18.3 Å². The molecular weight excluding hydrogens is 316 g/mol. The van der Waals surface area contributed by atoms with Crippen LogP contribution in [-0.2, 0) is 27.7 Å². The van der Waals surface area contributed by atoms with Crippen LogP contribution in [0.2, 0.25) is 0 Å². The fourth-order valence-electron chi connectivity index (χ4n) is 3.30. The van der Waals surface area contributed by atoms with Crippen LogP contribution in [0, 0.1) is 0 Å². The Kier molecular flexibility index (Phi) is 3.97. The number of hydrogen-bond acceptors (Lipinski definition) is 4. The lowest BCUT2D eigenvalue weighted by Crippen LogP contribution is -2.19. The molecule has 0 aliphatic carbocycles. The highest BCUT2D eigenvalue weighted by molar-refractivity contribution is 5.47. The lowest BCUT2D eigenvalue weighted by molar-refractivity contribution is 0.401. The fourth-order valence-corrected chi connectivity index (χ4v) is 3.30. The molecule has 0 spiro atoms. The molecule has 0 radical (unpaired) electrons. The van der Waals surface area contributed by atoms with Gasteiger partial charge in [0.15, 0.2) is 0 Å². The van der Waals surface area contributed by atoms with Crippen LogP contribution in [0.3, 0.4) is 0 Å². The molecule has 2 unspecified atom stereocenters. The molecule has 4 nitrogen and oxygen atoms in total. The molecule has 2 N–H and O–H groups in total. The van der Waals surface area contributed by atoms with Gasteiger partial charge in [0.05, 0.1) is 25.4 Å². The second-order valence-corrected chi connectivity index (χ2v) is 7.63. The third-order valence-electron chi connectivity index (χ3n) is 5.30. The molecule has 2 atom stereocenters. The molecule has 0 aromatic heterocycles. The molecule has 25 heavy (non-hydrogen) atoms. The molecule has 0 saturated carbocycles. The number of hydrogen-bond donors (Lipinski definition) is 2. The summed E-state index contributed by atoms with van der Waals surface area (Å²) in [4.78, 5) is 0. The van der Waals surface area contributed by atoms with Gasteiger partial charge >= 0.3 is 0 Å². The Balaban J connectivity index is 1.66. The predicted molar refractivity (Wildman–Crippen MR) is 95.2 cm³/mol. The average Bonchev–Trinajstić information content (AvgIpc) is 3.47. The van der Waals surface area contributed by atoms with Crippen molar-refractivity contribution in [2.45, 2.75) is 44.3 Å². The van der Waals surface area contributed by atoms with Crippen molar-refractivity contribution in [2.75, 3.05) is 13.2 Å².